The van der Waals surface area contributed by atoms with Gasteiger partial charge in [0.25, 0.3) is 0 Å². The van der Waals surface area contributed by atoms with Crippen LogP contribution < -0.4 is 0 Å². The van der Waals surface area contributed by atoms with Crippen LogP contribution in [0.1, 0.15) is 37.6 Å². The molecule has 14 heavy (non-hydrogen) atoms. The summed E-state index contributed by atoms with van der Waals surface area (Å²) in [5.41, 5.74) is 3.30. The van der Waals surface area contributed by atoms with Gasteiger partial charge in [0, 0.05) is 11.8 Å². The molecule has 0 fully saturated rings. The van der Waals surface area contributed by atoms with Gasteiger partial charge >= 0.3 is 0 Å². The van der Waals surface area contributed by atoms with Crippen molar-refractivity contribution in [3.05, 3.63) is 42.2 Å². The molecule has 0 amide bonds. The summed E-state index contributed by atoms with van der Waals surface area (Å²) >= 11 is 0. The summed E-state index contributed by atoms with van der Waals surface area (Å²) in [5, 5.41) is 0. The zero-order chi connectivity index (χ0) is 11.0. The molecule has 1 rings (SSSR count). The molecule has 0 radical (unpaired) electrons. The zero-order valence-electron chi connectivity index (χ0n) is 9.38. The molecule has 0 unspecified atom stereocenters. The molecule has 0 N–H and O–H groups in total. The van der Waals surface area contributed by atoms with E-state index in [1.54, 1.807) is 6.08 Å². The van der Waals surface area contributed by atoms with Crippen molar-refractivity contribution in [1.29, 1.82) is 0 Å². The third kappa shape index (κ3) is 2.84. The van der Waals surface area contributed by atoms with Gasteiger partial charge in [0.2, 0.25) is 0 Å². The van der Waals surface area contributed by atoms with Gasteiger partial charge in [0.15, 0.2) is 0 Å². The van der Waals surface area contributed by atoms with Crippen molar-refractivity contribution in [3.8, 4) is 0 Å². The van der Waals surface area contributed by atoms with Gasteiger partial charge in [0.05, 0.1) is 5.69 Å². The van der Waals surface area contributed by atoms with E-state index in [0.29, 0.717) is 0 Å². The normalized spacial score (nSPS) is 8.50. The Hall–Kier alpha value is -1.37. The van der Waals surface area contributed by atoms with Gasteiger partial charge in [0.1, 0.15) is 0 Å². The lowest BCUT2D eigenvalue weighted by Gasteiger charge is -2.04. The highest BCUT2D eigenvalue weighted by Gasteiger charge is 2.00. The first-order chi connectivity index (χ1) is 6.83. The van der Waals surface area contributed by atoms with Crippen LogP contribution in [0, 0.1) is 0 Å². The maximum Gasteiger partial charge on any atom is 0.0698 e. The monoisotopic (exact) mass is 189 g/mol. The van der Waals surface area contributed by atoms with Crippen molar-refractivity contribution in [1.82, 2.24) is 4.98 Å². The molecule has 1 heteroatoms. The van der Waals surface area contributed by atoms with E-state index < -0.39 is 0 Å². The molecule has 1 aromatic heterocycles. The predicted octanol–water partition coefficient (Wildman–Crippen LogP) is 3.96. The van der Waals surface area contributed by atoms with Crippen LogP contribution in [0.2, 0.25) is 0 Å². The first-order valence-corrected chi connectivity index (χ1v) is 5.06. The molecule has 0 aliphatic rings. The van der Waals surface area contributed by atoms with Crippen LogP contribution in [0.3, 0.4) is 0 Å². The van der Waals surface area contributed by atoms with E-state index in [-0.39, 0.29) is 0 Å². The highest BCUT2D eigenvalue weighted by molar-refractivity contribution is 5.63. The van der Waals surface area contributed by atoms with Gasteiger partial charge in [-0.05, 0) is 24.1 Å². The number of nitrogens with zero attached hydrogens (tertiary/aromatic N) is 1. The molecule has 0 aliphatic carbocycles. The van der Waals surface area contributed by atoms with Crippen LogP contribution in [-0.2, 0) is 6.42 Å². The second-order valence-corrected chi connectivity index (χ2v) is 2.53. The fraction of sp³-hybridized carbons (Fsp3) is 0.308. The summed E-state index contributed by atoms with van der Waals surface area (Å²) in [4.78, 5) is 4.19. The zero-order valence-corrected chi connectivity index (χ0v) is 9.38. The van der Waals surface area contributed by atoms with E-state index in [4.69, 9.17) is 0 Å². The van der Waals surface area contributed by atoms with Gasteiger partial charge in [-0.15, -0.1) is 0 Å². The molecule has 1 heterocycles. The Morgan fingerprint density at radius 2 is 1.93 bits per heavy atom. The van der Waals surface area contributed by atoms with Crippen LogP contribution in [0.25, 0.3) is 12.2 Å². The highest BCUT2D eigenvalue weighted by Crippen LogP contribution is 2.15. The Bertz CT molecular complexity index is 300. The Labute approximate surface area is 87.2 Å². The Balaban J connectivity index is 0.000000791. The van der Waals surface area contributed by atoms with Crippen molar-refractivity contribution in [2.24, 2.45) is 0 Å². The van der Waals surface area contributed by atoms with Gasteiger partial charge in [-0.2, -0.15) is 0 Å². The van der Waals surface area contributed by atoms with Crippen LogP contribution in [0.15, 0.2) is 25.4 Å². The van der Waals surface area contributed by atoms with Crippen molar-refractivity contribution in [2.75, 3.05) is 0 Å². The minimum atomic E-state index is 0.921. The molecule has 0 aliphatic heterocycles. The second-order valence-electron chi connectivity index (χ2n) is 2.53. The van der Waals surface area contributed by atoms with E-state index in [1.165, 1.54) is 5.56 Å². The van der Waals surface area contributed by atoms with E-state index in [1.807, 2.05) is 32.2 Å². The third-order valence-corrected chi connectivity index (χ3v) is 1.89. The lowest BCUT2D eigenvalue weighted by Crippen LogP contribution is -1.92. The minimum absolute atomic E-state index is 0.921. The Kier molecular flexibility index (Phi) is 6.38. The quantitative estimate of drug-likeness (QED) is 0.701. The summed E-state index contributed by atoms with van der Waals surface area (Å²) in [6.07, 6.45) is 6.41. The second kappa shape index (κ2) is 7.07. The molecular weight excluding hydrogens is 170 g/mol. The van der Waals surface area contributed by atoms with Crippen LogP contribution in [0.5, 0.6) is 0 Å². The Morgan fingerprint density at radius 3 is 2.36 bits per heavy atom. The van der Waals surface area contributed by atoms with Gasteiger partial charge in [-0.3, -0.25) is 4.98 Å². The summed E-state index contributed by atoms with van der Waals surface area (Å²) < 4.78 is 0. The van der Waals surface area contributed by atoms with Crippen molar-refractivity contribution in [3.63, 3.8) is 0 Å². The van der Waals surface area contributed by atoms with Gasteiger partial charge in [-0.1, -0.05) is 40.0 Å². The topological polar surface area (TPSA) is 12.9 Å². The summed E-state index contributed by atoms with van der Waals surface area (Å²) in [6, 6.07) is 2.02. The standard InChI is InChI=1S/C11H13N.C2H6/c1-4-9-7-8-12-11(6-3)10(9)5-2;1-2/h5-8H,2-4H2,1H3;1-2H3. The highest BCUT2D eigenvalue weighted by atomic mass is 14.7. The van der Waals surface area contributed by atoms with Crippen molar-refractivity contribution in [2.45, 2.75) is 27.2 Å². The first kappa shape index (κ1) is 12.6. The average molecular weight is 189 g/mol. The lowest BCUT2D eigenvalue weighted by molar-refractivity contribution is 1.10. The smallest absolute Gasteiger partial charge is 0.0698 e. The third-order valence-electron chi connectivity index (χ3n) is 1.89. The molecule has 76 valence electrons. The maximum atomic E-state index is 4.19. The fourth-order valence-electron chi connectivity index (χ4n) is 1.24. The predicted molar refractivity (Wildman–Crippen MR) is 65.1 cm³/mol. The molecule has 1 nitrogen and oxygen atoms in total. The number of hydrogen-bond acceptors (Lipinski definition) is 1. The molecule has 0 atom stereocenters. The number of pyridine rings is 1. The SMILES string of the molecule is C=Cc1nccc(CC)c1C=C.CC. The minimum Gasteiger partial charge on any atom is -0.256 e. The van der Waals surface area contributed by atoms with Crippen LogP contribution in [0.4, 0.5) is 0 Å². The molecule has 0 bridgehead atoms. The fourth-order valence-corrected chi connectivity index (χ4v) is 1.24. The molecule has 0 spiro atoms. The number of rotatable bonds is 3. The molecular formula is C13H19N. The van der Waals surface area contributed by atoms with Crippen LogP contribution >= 0.6 is 0 Å². The first-order valence-electron chi connectivity index (χ1n) is 5.06. The Morgan fingerprint density at radius 1 is 1.29 bits per heavy atom. The molecule has 0 saturated carbocycles. The van der Waals surface area contributed by atoms with E-state index >= 15 is 0 Å². The largest absolute Gasteiger partial charge is 0.256 e. The lowest BCUT2D eigenvalue weighted by atomic mass is 10.0. The van der Waals surface area contributed by atoms with E-state index in [2.05, 4.69) is 25.1 Å². The summed E-state index contributed by atoms with van der Waals surface area (Å²) in [5.74, 6) is 0. The average Bonchev–Trinajstić information content (AvgIpc) is 2.30. The summed E-state index contributed by atoms with van der Waals surface area (Å²) in [6.45, 7) is 13.6. The summed E-state index contributed by atoms with van der Waals surface area (Å²) in [7, 11) is 0. The molecule has 1 aromatic rings. The molecule has 0 aromatic carbocycles. The van der Waals surface area contributed by atoms with Crippen molar-refractivity contribution >= 4 is 12.2 Å². The maximum absolute atomic E-state index is 4.19. The molecule has 0 saturated heterocycles. The number of hydrogen-bond donors (Lipinski definition) is 0. The van der Waals surface area contributed by atoms with Gasteiger partial charge < -0.3 is 0 Å². The van der Waals surface area contributed by atoms with Crippen molar-refractivity contribution < 1.29 is 0 Å². The van der Waals surface area contributed by atoms with Crippen LogP contribution in [-0.4, -0.2) is 4.98 Å². The van der Waals surface area contributed by atoms with E-state index in [0.717, 1.165) is 17.7 Å². The number of aromatic nitrogens is 1. The van der Waals surface area contributed by atoms with Gasteiger partial charge in [-0.25, -0.2) is 0 Å². The number of aryl methyl sites for hydroxylation is 1. The van der Waals surface area contributed by atoms with E-state index in [9.17, 15) is 0 Å².